The van der Waals surface area contributed by atoms with Crippen LogP contribution in [0.15, 0.2) is 18.2 Å². The van der Waals surface area contributed by atoms with Gasteiger partial charge in [0, 0.05) is 11.6 Å². The number of hydrogen-bond acceptors (Lipinski definition) is 3. The maximum atomic E-state index is 12.3. The second-order valence-electron chi connectivity index (χ2n) is 5.11. The van der Waals surface area contributed by atoms with Crippen molar-refractivity contribution >= 4 is 5.91 Å². The highest BCUT2D eigenvalue weighted by Gasteiger charge is 2.16. The number of benzene rings is 1. The van der Waals surface area contributed by atoms with Crippen LogP contribution in [0, 0.1) is 17.8 Å². The van der Waals surface area contributed by atoms with Gasteiger partial charge in [0.1, 0.15) is 12.4 Å². The number of methoxy groups -OCH3 is 1. The lowest BCUT2D eigenvalue weighted by molar-refractivity contribution is 0.0924. The number of aliphatic hydroxyl groups excluding tert-OH is 1. The van der Waals surface area contributed by atoms with Gasteiger partial charge in [0.2, 0.25) is 0 Å². The standard InChI is InChI=1S/C17H23NO3/c1-5-15(12(2)3)18-17(20)14-8-9-16(21-4)13(11-14)7-6-10-19/h8-9,11-12,15,19H,5,10H2,1-4H3,(H,18,20). The Kier molecular flexibility index (Phi) is 6.77. The largest absolute Gasteiger partial charge is 0.495 e. The van der Waals surface area contributed by atoms with E-state index in [1.54, 1.807) is 25.3 Å². The first-order chi connectivity index (χ1) is 10.0. The third-order valence-electron chi connectivity index (χ3n) is 3.32. The Balaban J connectivity index is 3.00. The predicted molar refractivity (Wildman–Crippen MR) is 83.3 cm³/mol. The summed E-state index contributed by atoms with van der Waals surface area (Å²) in [5.41, 5.74) is 1.13. The molecule has 1 unspecified atom stereocenters. The molecule has 1 atom stereocenters. The maximum absolute atomic E-state index is 12.3. The quantitative estimate of drug-likeness (QED) is 0.817. The summed E-state index contributed by atoms with van der Waals surface area (Å²) in [7, 11) is 1.55. The lowest BCUT2D eigenvalue weighted by Gasteiger charge is -2.20. The topological polar surface area (TPSA) is 58.6 Å². The van der Waals surface area contributed by atoms with Crippen LogP contribution in [0.4, 0.5) is 0 Å². The Bertz CT molecular complexity index is 541. The number of rotatable bonds is 5. The number of amides is 1. The number of nitrogens with one attached hydrogen (secondary N) is 1. The van der Waals surface area contributed by atoms with Gasteiger partial charge in [0.15, 0.2) is 0 Å². The van der Waals surface area contributed by atoms with Crippen molar-refractivity contribution in [1.29, 1.82) is 0 Å². The normalized spacial score (nSPS) is 11.5. The summed E-state index contributed by atoms with van der Waals surface area (Å²) >= 11 is 0. The lowest BCUT2D eigenvalue weighted by atomic mass is 10.0. The number of hydrogen-bond donors (Lipinski definition) is 2. The minimum Gasteiger partial charge on any atom is -0.495 e. The monoisotopic (exact) mass is 289 g/mol. The van der Waals surface area contributed by atoms with Gasteiger partial charge in [-0.15, -0.1) is 0 Å². The van der Waals surface area contributed by atoms with Crippen LogP contribution >= 0.6 is 0 Å². The van der Waals surface area contributed by atoms with Crippen LogP contribution in [-0.2, 0) is 0 Å². The highest BCUT2D eigenvalue weighted by molar-refractivity contribution is 5.95. The fraction of sp³-hybridized carbons (Fsp3) is 0.471. The van der Waals surface area contributed by atoms with Crippen LogP contribution in [0.5, 0.6) is 5.75 Å². The molecular weight excluding hydrogens is 266 g/mol. The minimum atomic E-state index is -0.231. The Morgan fingerprint density at radius 2 is 2.14 bits per heavy atom. The van der Waals surface area contributed by atoms with Crippen molar-refractivity contribution in [2.75, 3.05) is 13.7 Å². The summed E-state index contributed by atoms with van der Waals surface area (Å²) in [5, 5.41) is 11.8. The molecule has 0 saturated heterocycles. The van der Waals surface area contributed by atoms with E-state index >= 15 is 0 Å². The molecule has 1 amide bonds. The van der Waals surface area contributed by atoms with Gasteiger partial charge in [-0.05, 0) is 30.5 Å². The predicted octanol–water partition coefficient (Wildman–Crippen LogP) is 2.20. The Labute approximate surface area is 126 Å². The van der Waals surface area contributed by atoms with Crippen molar-refractivity contribution in [2.24, 2.45) is 5.92 Å². The molecule has 1 aromatic rings. The average molecular weight is 289 g/mol. The van der Waals surface area contributed by atoms with Crippen LogP contribution in [-0.4, -0.2) is 30.8 Å². The van der Waals surface area contributed by atoms with Crippen LogP contribution < -0.4 is 10.1 Å². The summed E-state index contributed by atoms with van der Waals surface area (Å²) in [4.78, 5) is 12.3. The summed E-state index contributed by atoms with van der Waals surface area (Å²) in [6, 6.07) is 5.26. The Hall–Kier alpha value is -1.99. The van der Waals surface area contributed by atoms with E-state index < -0.39 is 0 Å². The van der Waals surface area contributed by atoms with Crippen LogP contribution in [0.3, 0.4) is 0 Å². The third-order valence-corrected chi connectivity index (χ3v) is 3.32. The van der Waals surface area contributed by atoms with E-state index in [1.807, 2.05) is 0 Å². The highest BCUT2D eigenvalue weighted by atomic mass is 16.5. The molecule has 0 bridgehead atoms. The fourth-order valence-corrected chi connectivity index (χ4v) is 2.07. The maximum Gasteiger partial charge on any atom is 0.251 e. The van der Waals surface area contributed by atoms with Crippen LogP contribution in [0.2, 0.25) is 0 Å². The molecule has 0 aliphatic heterocycles. The minimum absolute atomic E-state index is 0.120. The fourth-order valence-electron chi connectivity index (χ4n) is 2.07. The number of carbonyl (C=O) groups is 1. The van der Waals surface area contributed by atoms with Crippen molar-refractivity contribution in [3.8, 4) is 17.6 Å². The van der Waals surface area contributed by atoms with E-state index in [2.05, 4.69) is 37.9 Å². The van der Waals surface area contributed by atoms with Gasteiger partial charge < -0.3 is 15.2 Å². The van der Waals surface area contributed by atoms with E-state index in [9.17, 15) is 4.79 Å². The first-order valence-electron chi connectivity index (χ1n) is 7.12. The molecule has 0 fully saturated rings. The molecule has 4 heteroatoms. The second-order valence-corrected chi connectivity index (χ2v) is 5.11. The van der Waals surface area contributed by atoms with Crippen LogP contribution in [0.25, 0.3) is 0 Å². The Morgan fingerprint density at radius 1 is 1.43 bits per heavy atom. The summed E-state index contributed by atoms with van der Waals surface area (Å²) in [6.07, 6.45) is 0.886. The van der Waals surface area contributed by atoms with E-state index in [-0.39, 0.29) is 18.6 Å². The molecule has 21 heavy (non-hydrogen) atoms. The van der Waals surface area contributed by atoms with E-state index in [1.165, 1.54) is 0 Å². The lowest BCUT2D eigenvalue weighted by Crippen LogP contribution is -2.38. The molecule has 0 aromatic heterocycles. The molecule has 0 spiro atoms. The van der Waals surface area contributed by atoms with E-state index in [0.29, 0.717) is 22.8 Å². The number of carbonyl (C=O) groups excluding carboxylic acids is 1. The van der Waals surface area contributed by atoms with Gasteiger partial charge in [-0.2, -0.15) is 0 Å². The van der Waals surface area contributed by atoms with Gasteiger partial charge in [-0.1, -0.05) is 32.6 Å². The first kappa shape index (κ1) is 17.1. The van der Waals surface area contributed by atoms with E-state index in [0.717, 1.165) is 6.42 Å². The van der Waals surface area contributed by atoms with Gasteiger partial charge in [-0.3, -0.25) is 4.79 Å². The summed E-state index contributed by atoms with van der Waals surface area (Å²) in [6.45, 7) is 5.99. The molecule has 0 radical (unpaired) electrons. The number of ether oxygens (including phenoxy) is 1. The van der Waals surface area contributed by atoms with Gasteiger partial charge in [0.05, 0.1) is 12.7 Å². The third kappa shape index (κ3) is 4.80. The summed E-state index contributed by atoms with van der Waals surface area (Å²) in [5.74, 6) is 6.21. The van der Waals surface area contributed by atoms with Crippen molar-refractivity contribution in [3.63, 3.8) is 0 Å². The van der Waals surface area contributed by atoms with Crippen LogP contribution in [0.1, 0.15) is 43.1 Å². The zero-order chi connectivity index (χ0) is 15.8. The average Bonchev–Trinajstić information content (AvgIpc) is 2.49. The molecule has 0 heterocycles. The Morgan fingerprint density at radius 3 is 2.67 bits per heavy atom. The van der Waals surface area contributed by atoms with Gasteiger partial charge in [0.25, 0.3) is 5.91 Å². The highest BCUT2D eigenvalue weighted by Crippen LogP contribution is 2.19. The molecule has 0 aliphatic rings. The molecule has 4 nitrogen and oxygen atoms in total. The molecule has 0 saturated carbocycles. The smallest absolute Gasteiger partial charge is 0.251 e. The van der Waals surface area contributed by atoms with Crippen molar-refractivity contribution in [2.45, 2.75) is 33.2 Å². The van der Waals surface area contributed by atoms with Gasteiger partial charge >= 0.3 is 0 Å². The zero-order valence-corrected chi connectivity index (χ0v) is 13.1. The molecular formula is C17H23NO3. The van der Waals surface area contributed by atoms with E-state index in [4.69, 9.17) is 9.84 Å². The van der Waals surface area contributed by atoms with Crippen molar-refractivity contribution in [3.05, 3.63) is 29.3 Å². The van der Waals surface area contributed by atoms with Gasteiger partial charge in [-0.25, -0.2) is 0 Å². The molecule has 1 rings (SSSR count). The molecule has 0 aliphatic carbocycles. The molecule has 1 aromatic carbocycles. The first-order valence-corrected chi connectivity index (χ1v) is 7.12. The zero-order valence-electron chi connectivity index (χ0n) is 13.1. The summed E-state index contributed by atoms with van der Waals surface area (Å²) < 4.78 is 5.20. The molecule has 114 valence electrons. The van der Waals surface area contributed by atoms with Crippen molar-refractivity contribution < 1.29 is 14.6 Å². The second kappa shape index (κ2) is 8.33. The number of aliphatic hydroxyl groups is 1. The molecule has 2 N–H and O–H groups in total. The van der Waals surface area contributed by atoms with Crippen molar-refractivity contribution in [1.82, 2.24) is 5.32 Å². The SMILES string of the molecule is CCC(NC(=O)c1ccc(OC)c(C#CCO)c1)C(C)C.